The highest BCUT2D eigenvalue weighted by Gasteiger charge is 2.04. The Bertz CT molecular complexity index is 106. The Labute approximate surface area is 89.4 Å². The van der Waals surface area contributed by atoms with Crippen LogP contribution >= 0.6 is 0 Å². The van der Waals surface area contributed by atoms with Crippen LogP contribution < -0.4 is 5.32 Å². The summed E-state index contributed by atoms with van der Waals surface area (Å²) in [6, 6.07) is 0. The van der Waals surface area contributed by atoms with Crippen molar-refractivity contribution in [3.8, 4) is 0 Å². The Kier molecular flexibility index (Phi) is 10.9. The molecule has 0 saturated carbocycles. The van der Waals surface area contributed by atoms with Crippen LogP contribution in [-0.2, 0) is 4.74 Å². The van der Waals surface area contributed by atoms with Crippen LogP contribution in [0, 0.1) is 0 Å². The van der Waals surface area contributed by atoms with Crippen LogP contribution in [0.5, 0.6) is 0 Å². The van der Waals surface area contributed by atoms with Crippen LogP contribution in [0.25, 0.3) is 0 Å². The molecule has 1 N–H and O–H groups in total. The quantitative estimate of drug-likeness (QED) is 0.549. The zero-order valence-electron chi connectivity index (χ0n) is 10.1. The highest BCUT2D eigenvalue weighted by Crippen LogP contribution is 2.02. The smallest absolute Gasteiger partial charge is 0.0696 e. The SMILES string of the molecule is CCCCCCOC(CC)CNCC. The van der Waals surface area contributed by atoms with E-state index in [-0.39, 0.29) is 0 Å². The molecule has 0 rings (SSSR count). The second kappa shape index (κ2) is 11.0. The predicted molar refractivity (Wildman–Crippen MR) is 62.7 cm³/mol. The number of hydrogen-bond donors (Lipinski definition) is 1. The Morgan fingerprint density at radius 2 is 1.86 bits per heavy atom. The maximum atomic E-state index is 5.78. The molecule has 0 radical (unpaired) electrons. The van der Waals surface area contributed by atoms with Gasteiger partial charge in [0.15, 0.2) is 0 Å². The van der Waals surface area contributed by atoms with Crippen molar-refractivity contribution in [2.24, 2.45) is 0 Å². The van der Waals surface area contributed by atoms with Crippen molar-refractivity contribution < 1.29 is 4.74 Å². The van der Waals surface area contributed by atoms with E-state index in [9.17, 15) is 0 Å². The van der Waals surface area contributed by atoms with Gasteiger partial charge in [0.05, 0.1) is 6.10 Å². The topological polar surface area (TPSA) is 21.3 Å². The standard InChI is InChI=1S/C12H27NO/c1-4-7-8-9-10-14-12(5-2)11-13-6-3/h12-13H,4-11H2,1-3H3. The van der Waals surface area contributed by atoms with Gasteiger partial charge >= 0.3 is 0 Å². The van der Waals surface area contributed by atoms with Gasteiger partial charge in [-0.25, -0.2) is 0 Å². The lowest BCUT2D eigenvalue weighted by molar-refractivity contribution is 0.0486. The van der Waals surface area contributed by atoms with Crippen LogP contribution in [0.4, 0.5) is 0 Å². The number of unbranched alkanes of at least 4 members (excludes halogenated alkanes) is 3. The van der Waals surface area contributed by atoms with Gasteiger partial charge in [0.1, 0.15) is 0 Å². The summed E-state index contributed by atoms with van der Waals surface area (Å²) >= 11 is 0. The molecular formula is C12H27NO. The largest absolute Gasteiger partial charge is 0.377 e. The molecular weight excluding hydrogens is 174 g/mol. The summed E-state index contributed by atoms with van der Waals surface area (Å²) in [7, 11) is 0. The van der Waals surface area contributed by atoms with Gasteiger partial charge in [0.2, 0.25) is 0 Å². The third-order valence-corrected chi connectivity index (χ3v) is 2.43. The lowest BCUT2D eigenvalue weighted by Crippen LogP contribution is -2.28. The van der Waals surface area contributed by atoms with Crippen LogP contribution in [0.2, 0.25) is 0 Å². The Morgan fingerprint density at radius 1 is 1.07 bits per heavy atom. The number of nitrogens with one attached hydrogen (secondary N) is 1. The molecule has 0 aromatic carbocycles. The molecule has 0 aliphatic rings. The third-order valence-electron chi connectivity index (χ3n) is 2.43. The monoisotopic (exact) mass is 201 g/mol. The van der Waals surface area contributed by atoms with Gasteiger partial charge in [-0.15, -0.1) is 0 Å². The molecule has 0 bridgehead atoms. The molecule has 0 spiro atoms. The van der Waals surface area contributed by atoms with E-state index in [1.807, 2.05) is 0 Å². The molecule has 0 aromatic rings. The summed E-state index contributed by atoms with van der Waals surface area (Å²) in [5.41, 5.74) is 0. The van der Waals surface area contributed by atoms with Gasteiger partial charge in [-0.05, 0) is 19.4 Å². The van der Waals surface area contributed by atoms with E-state index < -0.39 is 0 Å². The molecule has 0 amide bonds. The van der Waals surface area contributed by atoms with Crippen molar-refractivity contribution >= 4 is 0 Å². The summed E-state index contributed by atoms with van der Waals surface area (Å²) < 4.78 is 5.78. The Hall–Kier alpha value is -0.0800. The molecule has 2 heteroatoms. The number of hydrogen-bond acceptors (Lipinski definition) is 2. The van der Waals surface area contributed by atoms with Crippen LogP contribution in [0.3, 0.4) is 0 Å². The van der Waals surface area contributed by atoms with Gasteiger partial charge < -0.3 is 10.1 Å². The molecule has 86 valence electrons. The molecule has 0 fully saturated rings. The van der Waals surface area contributed by atoms with Gasteiger partial charge in [-0.2, -0.15) is 0 Å². The molecule has 1 unspecified atom stereocenters. The maximum absolute atomic E-state index is 5.78. The number of ether oxygens (including phenoxy) is 1. The van der Waals surface area contributed by atoms with E-state index >= 15 is 0 Å². The molecule has 0 saturated heterocycles. The fourth-order valence-electron chi connectivity index (χ4n) is 1.41. The second-order valence-electron chi connectivity index (χ2n) is 3.77. The average Bonchev–Trinajstić information content (AvgIpc) is 2.22. The van der Waals surface area contributed by atoms with Crippen molar-refractivity contribution in [3.63, 3.8) is 0 Å². The zero-order chi connectivity index (χ0) is 10.6. The molecule has 0 heterocycles. The lowest BCUT2D eigenvalue weighted by atomic mass is 10.2. The Morgan fingerprint density at radius 3 is 2.43 bits per heavy atom. The normalized spacial score (nSPS) is 13.1. The van der Waals surface area contributed by atoms with Crippen molar-refractivity contribution in [2.45, 2.75) is 59.0 Å². The fraction of sp³-hybridized carbons (Fsp3) is 1.00. The average molecular weight is 201 g/mol. The predicted octanol–water partition coefficient (Wildman–Crippen LogP) is 2.97. The molecule has 0 aromatic heterocycles. The van der Waals surface area contributed by atoms with E-state index in [1.54, 1.807) is 0 Å². The molecule has 14 heavy (non-hydrogen) atoms. The van der Waals surface area contributed by atoms with E-state index in [0.29, 0.717) is 6.10 Å². The summed E-state index contributed by atoms with van der Waals surface area (Å²) in [5.74, 6) is 0. The highest BCUT2D eigenvalue weighted by molar-refractivity contribution is 4.58. The summed E-state index contributed by atoms with van der Waals surface area (Å²) in [6.45, 7) is 9.53. The lowest BCUT2D eigenvalue weighted by Gasteiger charge is -2.16. The minimum Gasteiger partial charge on any atom is -0.377 e. The van der Waals surface area contributed by atoms with Crippen molar-refractivity contribution in [3.05, 3.63) is 0 Å². The Balaban J connectivity index is 3.24. The first-order valence-corrected chi connectivity index (χ1v) is 6.17. The maximum Gasteiger partial charge on any atom is 0.0696 e. The first-order valence-electron chi connectivity index (χ1n) is 6.17. The first kappa shape index (κ1) is 13.9. The summed E-state index contributed by atoms with van der Waals surface area (Å²) in [6.07, 6.45) is 6.70. The van der Waals surface area contributed by atoms with Crippen LogP contribution in [-0.4, -0.2) is 25.8 Å². The van der Waals surface area contributed by atoms with Gasteiger partial charge in [0.25, 0.3) is 0 Å². The van der Waals surface area contributed by atoms with Crippen LogP contribution in [0.15, 0.2) is 0 Å². The van der Waals surface area contributed by atoms with Crippen LogP contribution in [0.1, 0.15) is 52.9 Å². The zero-order valence-corrected chi connectivity index (χ0v) is 10.1. The van der Waals surface area contributed by atoms with E-state index in [4.69, 9.17) is 4.74 Å². The van der Waals surface area contributed by atoms with Gasteiger partial charge in [-0.1, -0.05) is 40.0 Å². The van der Waals surface area contributed by atoms with Gasteiger partial charge in [-0.3, -0.25) is 0 Å². The fourth-order valence-corrected chi connectivity index (χ4v) is 1.41. The first-order chi connectivity index (χ1) is 6.85. The summed E-state index contributed by atoms with van der Waals surface area (Å²) in [5, 5.41) is 3.33. The minimum atomic E-state index is 0.413. The third kappa shape index (κ3) is 8.52. The van der Waals surface area contributed by atoms with Crippen molar-refractivity contribution in [1.29, 1.82) is 0 Å². The number of rotatable bonds is 10. The molecule has 2 nitrogen and oxygen atoms in total. The van der Waals surface area contributed by atoms with E-state index in [0.717, 1.165) is 26.1 Å². The molecule has 0 aliphatic heterocycles. The molecule has 0 aliphatic carbocycles. The van der Waals surface area contributed by atoms with Crippen molar-refractivity contribution in [1.82, 2.24) is 5.32 Å². The second-order valence-corrected chi connectivity index (χ2v) is 3.77. The van der Waals surface area contributed by atoms with E-state index in [1.165, 1.54) is 25.7 Å². The summed E-state index contributed by atoms with van der Waals surface area (Å²) in [4.78, 5) is 0. The minimum absolute atomic E-state index is 0.413. The number of likely N-dealkylation sites (N-methyl/N-ethyl adjacent to an activating group) is 1. The highest BCUT2D eigenvalue weighted by atomic mass is 16.5. The van der Waals surface area contributed by atoms with Gasteiger partial charge in [0, 0.05) is 13.2 Å². The molecule has 1 atom stereocenters. The van der Waals surface area contributed by atoms with E-state index in [2.05, 4.69) is 26.1 Å². The van der Waals surface area contributed by atoms with Crippen molar-refractivity contribution in [2.75, 3.05) is 19.7 Å².